The zero-order chi connectivity index (χ0) is 10.8. The lowest BCUT2D eigenvalue weighted by atomic mass is 9.85. The third-order valence-corrected chi connectivity index (χ3v) is 2.58. The zero-order valence-corrected chi connectivity index (χ0v) is 8.27. The van der Waals surface area contributed by atoms with Gasteiger partial charge in [-0.3, -0.25) is 0 Å². The predicted molar refractivity (Wildman–Crippen MR) is 53.1 cm³/mol. The summed E-state index contributed by atoms with van der Waals surface area (Å²) >= 11 is 0. The van der Waals surface area contributed by atoms with E-state index in [2.05, 4.69) is 0 Å². The summed E-state index contributed by atoms with van der Waals surface area (Å²) in [5.74, 6) is -1.63. The number of hydrogen-bond donors (Lipinski definition) is 2. The van der Waals surface area contributed by atoms with Gasteiger partial charge < -0.3 is 10.2 Å². The van der Waals surface area contributed by atoms with E-state index in [1.54, 1.807) is 6.92 Å². The fourth-order valence-corrected chi connectivity index (χ4v) is 1.25. The molecule has 0 fully saturated rings. The summed E-state index contributed by atoms with van der Waals surface area (Å²) in [4.78, 5) is 10.8. The van der Waals surface area contributed by atoms with E-state index in [-0.39, 0.29) is 0 Å². The number of rotatable bonds is 3. The highest BCUT2D eigenvalue weighted by Gasteiger charge is 2.37. The summed E-state index contributed by atoms with van der Waals surface area (Å²) in [5.41, 5.74) is -0.902. The topological polar surface area (TPSA) is 57.5 Å². The number of carboxylic acids is 1. The Balaban J connectivity index is 2.96. The van der Waals surface area contributed by atoms with Crippen LogP contribution < -0.4 is 0 Å². The molecule has 0 aromatic heterocycles. The van der Waals surface area contributed by atoms with Crippen molar-refractivity contribution in [3.8, 4) is 0 Å². The van der Waals surface area contributed by atoms with E-state index in [1.165, 1.54) is 6.92 Å². The van der Waals surface area contributed by atoms with Crippen LogP contribution in [0.1, 0.15) is 25.3 Å². The van der Waals surface area contributed by atoms with Crippen LogP contribution in [-0.4, -0.2) is 21.8 Å². The van der Waals surface area contributed by atoms with E-state index in [4.69, 9.17) is 5.11 Å². The molecule has 0 aliphatic carbocycles. The molecule has 0 spiro atoms. The van der Waals surface area contributed by atoms with Crippen LogP contribution in [0.4, 0.5) is 0 Å². The zero-order valence-electron chi connectivity index (χ0n) is 8.27. The number of hydrogen-bond acceptors (Lipinski definition) is 2. The van der Waals surface area contributed by atoms with Crippen LogP contribution in [0.3, 0.4) is 0 Å². The Morgan fingerprint density at radius 2 is 1.86 bits per heavy atom. The molecule has 3 heteroatoms. The van der Waals surface area contributed by atoms with Crippen LogP contribution in [-0.2, 0) is 4.79 Å². The van der Waals surface area contributed by atoms with Gasteiger partial charge in [0.2, 0.25) is 0 Å². The fraction of sp³-hybridized carbons (Fsp3) is 0.364. The first kappa shape index (κ1) is 10.7. The molecular formula is C11H14O3. The van der Waals surface area contributed by atoms with Crippen LogP contribution in [0.5, 0.6) is 0 Å². The van der Waals surface area contributed by atoms with Gasteiger partial charge in [0.1, 0.15) is 0 Å². The standard InChI is InChI=1S/C11H14O3/c1-8(11(2,14)10(12)13)9-6-4-3-5-7-9/h3-8,14H,1-2H3,(H,12,13)/t8-,11+/m1/s1. The largest absolute Gasteiger partial charge is 0.479 e. The Hall–Kier alpha value is -1.35. The fourth-order valence-electron chi connectivity index (χ4n) is 1.25. The first-order valence-corrected chi connectivity index (χ1v) is 4.47. The maximum atomic E-state index is 10.8. The van der Waals surface area contributed by atoms with E-state index in [0.29, 0.717) is 0 Å². The summed E-state index contributed by atoms with van der Waals surface area (Å²) in [6.07, 6.45) is 0. The quantitative estimate of drug-likeness (QED) is 0.768. The van der Waals surface area contributed by atoms with Crippen molar-refractivity contribution < 1.29 is 15.0 Å². The summed E-state index contributed by atoms with van der Waals surface area (Å²) in [5, 5.41) is 18.5. The molecule has 0 aliphatic rings. The van der Waals surface area contributed by atoms with Crippen LogP contribution in [0.15, 0.2) is 30.3 Å². The minimum absolute atomic E-state index is 0.429. The molecule has 2 N–H and O–H groups in total. The molecule has 0 amide bonds. The van der Waals surface area contributed by atoms with E-state index in [0.717, 1.165) is 5.56 Å². The Kier molecular flexibility index (Phi) is 2.91. The SMILES string of the molecule is C[C@H](c1ccccc1)[C@](C)(O)C(=O)O. The highest BCUT2D eigenvalue weighted by Crippen LogP contribution is 2.27. The van der Waals surface area contributed by atoms with Gasteiger partial charge in [0.25, 0.3) is 0 Å². The second kappa shape index (κ2) is 3.80. The molecule has 0 bridgehead atoms. The summed E-state index contributed by atoms with van der Waals surface area (Å²) in [7, 11) is 0. The molecule has 1 rings (SSSR count). The number of carboxylic acid groups (broad SMARTS) is 1. The molecule has 14 heavy (non-hydrogen) atoms. The van der Waals surface area contributed by atoms with Gasteiger partial charge in [0.05, 0.1) is 0 Å². The molecule has 0 heterocycles. The Morgan fingerprint density at radius 1 is 1.36 bits per heavy atom. The van der Waals surface area contributed by atoms with Crippen molar-refractivity contribution in [3.05, 3.63) is 35.9 Å². The van der Waals surface area contributed by atoms with Gasteiger partial charge in [0.15, 0.2) is 5.60 Å². The minimum Gasteiger partial charge on any atom is -0.479 e. The second-order valence-corrected chi connectivity index (χ2v) is 3.59. The molecule has 1 aromatic carbocycles. The number of aliphatic hydroxyl groups is 1. The molecule has 0 saturated heterocycles. The molecule has 2 atom stereocenters. The Morgan fingerprint density at radius 3 is 2.29 bits per heavy atom. The van der Waals surface area contributed by atoms with Gasteiger partial charge in [-0.1, -0.05) is 37.3 Å². The van der Waals surface area contributed by atoms with Gasteiger partial charge in [-0.2, -0.15) is 0 Å². The molecule has 0 aliphatic heterocycles. The molecule has 0 saturated carbocycles. The monoisotopic (exact) mass is 194 g/mol. The van der Waals surface area contributed by atoms with Crippen molar-refractivity contribution in [3.63, 3.8) is 0 Å². The van der Waals surface area contributed by atoms with Crippen LogP contribution in [0.2, 0.25) is 0 Å². The normalized spacial score (nSPS) is 17.1. The van der Waals surface area contributed by atoms with Gasteiger partial charge in [-0.05, 0) is 12.5 Å². The highest BCUT2D eigenvalue weighted by molar-refractivity contribution is 5.78. The first-order chi connectivity index (χ1) is 6.46. The molecule has 0 unspecified atom stereocenters. The van der Waals surface area contributed by atoms with Crippen molar-refractivity contribution in [1.29, 1.82) is 0 Å². The third kappa shape index (κ3) is 1.93. The van der Waals surface area contributed by atoms with Crippen molar-refractivity contribution in [2.45, 2.75) is 25.4 Å². The second-order valence-electron chi connectivity index (χ2n) is 3.59. The van der Waals surface area contributed by atoms with E-state index in [1.807, 2.05) is 30.3 Å². The molecule has 3 nitrogen and oxygen atoms in total. The smallest absolute Gasteiger partial charge is 0.336 e. The Bertz CT molecular complexity index is 317. The lowest BCUT2D eigenvalue weighted by molar-refractivity contribution is -0.158. The van der Waals surface area contributed by atoms with E-state index in [9.17, 15) is 9.90 Å². The van der Waals surface area contributed by atoms with Crippen LogP contribution >= 0.6 is 0 Å². The third-order valence-electron chi connectivity index (χ3n) is 2.58. The summed E-state index contributed by atoms with van der Waals surface area (Å²) < 4.78 is 0. The average Bonchev–Trinajstić information content (AvgIpc) is 2.17. The molecule has 1 aromatic rings. The Labute approximate surface area is 83.0 Å². The maximum absolute atomic E-state index is 10.8. The summed E-state index contributed by atoms with van der Waals surface area (Å²) in [6.45, 7) is 3.01. The maximum Gasteiger partial charge on any atom is 0.336 e. The van der Waals surface area contributed by atoms with Crippen LogP contribution in [0, 0.1) is 0 Å². The van der Waals surface area contributed by atoms with Gasteiger partial charge in [0, 0.05) is 5.92 Å². The number of aliphatic carboxylic acids is 1. The van der Waals surface area contributed by atoms with E-state index >= 15 is 0 Å². The van der Waals surface area contributed by atoms with Crippen molar-refractivity contribution in [2.75, 3.05) is 0 Å². The minimum atomic E-state index is -1.72. The number of benzene rings is 1. The van der Waals surface area contributed by atoms with E-state index < -0.39 is 17.5 Å². The molecular weight excluding hydrogens is 180 g/mol. The molecule has 0 radical (unpaired) electrons. The predicted octanol–water partition coefficient (Wildman–Crippen LogP) is 1.63. The van der Waals surface area contributed by atoms with Crippen LogP contribution in [0.25, 0.3) is 0 Å². The molecule has 76 valence electrons. The lowest BCUT2D eigenvalue weighted by Gasteiger charge is -2.25. The first-order valence-electron chi connectivity index (χ1n) is 4.47. The van der Waals surface area contributed by atoms with Gasteiger partial charge >= 0.3 is 5.97 Å². The lowest BCUT2D eigenvalue weighted by Crippen LogP contribution is -2.40. The van der Waals surface area contributed by atoms with Crippen molar-refractivity contribution in [2.24, 2.45) is 0 Å². The van der Waals surface area contributed by atoms with Gasteiger partial charge in [-0.25, -0.2) is 4.79 Å². The highest BCUT2D eigenvalue weighted by atomic mass is 16.4. The van der Waals surface area contributed by atoms with Gasteiger partial charge in [-0.15, -0.1) is 0 Å². The summed E-state index contributed by atoms with van der Waals surface area (Å²) in [6, 6.07) is 9.11. The average molecular weight is 194 g/mol. The number of carbonyl (C=O) groups is 1. The van der Waals surface area contributed by atoms with Crippen molar-refractivity contribution >= 4 is 5.97 Å². The van der Waals surface area contributed by atoms with Crippen molar-refractivity contribution in [1.82, 2.24) is 0 Å².